The maximum Gasteiger partial charge on any atom is 0.0908 e. The van der Waals surface area contributed by atoms with E-state index in [-0.39, 0.29) is 6.04 Å². The molecule has 0 bridgehead atoms. The lowest BCUT2D eigenvalue weighted by Crippen LogP contribution is -2.60. The van der Waals surface area contributed by atoms with Crippen LogP contribution >= 0.6 is 0 Å². The Labute approximate surface area is 139 Å². The fraction of sp³-hybridized carbons (Fsp3) is 0.429. The second-order valence-corrected chi connectivity index (χ2v) is 6.79. The molecule has 23 heavy (non-hydrogen) atoms. The van der Waals surface area contributed by atoms with Gasteiger partial charge in [0.25, 0.3) is 0 Å². The summed E-state index contributed by atoms with van der Waals surface area (Å²) in [6.07, 6.45) is 3.00. The first-order valence-corrected chi connectivity index (χ1v) is 8.69. The van der Waals surface area contributed by atoms with Crippen LogP contribution in [-0.4, -0.2) is 23.3 Å². The minimum Gasteiger partial charge on any atom is -0.387 e. The third-order valence-corrected chi connectivity index (χ3v) is 5.67. The van der Waals surface area contributed by atoms with Crippen LogP contribution in [0.15, 0.2) is 60.7 Å². The fourth-order valence-corrected chi connectivity index (χ4v) is 4.42. The van der Waals surface area contributed by atoms with Crippen LogP contribution in [0, 0.1) is 0 Å². The maximum atomic E-state index is 11.8. The predicted octanol–water partition coefficient (Wildman–Crippen LogP) is 3.89. The summed E-state index contributed by atoms with van der Waals surface area (Å²) in [5.41, 5.74) is 1.10. The van der Waals surface area contributed by atoms with E-state index in [0.29, 0.717) is 0 Å². The molecule has 0 spiro atoms. The van der Waals surface area contributed by atoms with Crippen LogP contribution in [0.2, 0.25) is 0 Å². The third kappa shape index (κ3) is 2.60. The molecule has 2 heteroatoms. The number of benzene rings is 2. The summed E-state index contributed by atoms with van der Waals surface area (Å²) < 4.78 is 0. The Morgan fingerprint density at radius 2 is 1.52 bits per heavy atom. The molecule has 0 radical (unpaired) electrons. The molecular weight excluding hydrogens is 282 g/mol. The number of aliphatic hydroxyl groups is 1. The molecule has 1 aliphatic heterocycles. The standard InChI is InChI=1S/C21H27NO/c1-3-21(17-11-6-4-7-12-17,18-13-8-5-9-14-18)20(2,23)19-15-10-16-22-19/h4-9,11-14,19,22-23H,3,10,15-16H2,1-2H3. The molecule has 1 saturated heterocycles. The minimum atomic E-state index is -0.860. The van der Waals surface area contributed by atoms with Gasteiger partial charge in [-0.15, -0.1) is 0 Å². The van der Waals surface area contributed by atoms with Gasteiger partial charge in [-0.05, 0) is 43.9 Å². The normalized spacial score (nSPS) is 21.1. The Bertz CT molecular complexity index is 575. The second kappa shape index (κ2) is 6.46. The first kappa shape index (κ1) is 16.2. The molecule has 2 aromatic rings. The topological polar surface area (TPSA) is 32.3 Å². The molecule has 122 valence electrons. The Morgan fingerprint density at radius 3 is 1.91 bits per heavy atom. The van der Waals surface area contributed by atoms with E-state index in [1.165, 1.54) is 11.1 Å². The van der Waals surface area contributed by atoms with Crippen molar-refractivity contribution in [2.24, 2.45) is 0 Å². The highest BCUT2D eigenvalue weighted by atomic mass is 16.3. The molecule has 0 amide bonds. The lowest BCUT2D eigenvalue weighted by molar-refractivity contribution is -0.0366. The highest BCUT2D eigenvalue weighted by Crippen LogP contribution is 2.47. The average Bonchev–Trinajstić information content (AvgIpc) is 3.13. The predicted molar refractivity (Wildman–Crippen MR) is 95.6 cm³/mol. The van der Waals surface area contributed by atoms with Gasteiger partial charge in [-0.1, -0.05) is 67.6 Å². The molecule has 3 rings (SSSR count). The number of nitrogens with one attached hydrogen (secondary N) is 1. The van der Waals surface area contributed by atoms with Crippen molar-refractivity contribution in [2.45, 2.75) is 50.2 Å². The van der Waals surface area contributed by atoms with E-state index in [2.05, 4.69) is 60.8 Å². The Hall–Kier alpha value is -1.64. The van der Waals surface area contributed by atoms with Gasteiger partial charge in [-0.2, -0.15) is 0 Å². The number of hydrogen-bond donors (Lipinski definition) is 2. The summed E-state index contributed by atoms with van der Waals surface area (Å²) in [6, 6.07) is 21.1. The van der Waals surface area contributed by atoms with Crippen molar-refractivity contribution in [1.82, 2.24) is 5.32 Å². The molecule has 0 saturated carbocycles. The van der Waals surface area contributed by atoms with Gasteiger partial charge < -0.3 is 10.4 Å². The van der Waals surface area contributed by atoms with Crippen molar-refractivity contribution in [2.75, 3.05) is 6.54 Å². The molecule has 2 unspecified atom stereocenters. The molecule has 2 aromatic carbocycles. The zero-order valence-electron chi connectivity index (χ0n) is 14.1. The molecule has 2 N–H and O–H groups in total. The Balaban J connectivity index is 2.20. The third-order valence-electron chi connectivity index (χ3n) is 5.67. The largest absolute Gasteiger partial charge is 0.387 e. The van der Waals surface area contributed by atoms with Crippen LogP contribution < -0.4 is 5.32 Å². The molecule has 1 heterocycles. The smallest absolute Gasteiger partial charge is 0.0908 e. The molecule has 1 aliphatic rings. The van der Waals surface area contributed by atoms with Gasteiger partial charge in [-0.3, -0.25) is 0 Å². The monoisotopic (exact) mass is 309 g/mol. The van der Waals surface area contributed by atoms with Crippen molar-refractivity contribution in [3.8, 4) is 0 Å². The summed E-state index contributed by atoms with van der Waals surface area (Å²) in [5, 5.41) is 15.3. The van der Waals surface area contributed by atoms with E-state index >= 15 is 0 Å². The van der Waals surface area contributed by atoms with Gasteiger partial charge in [0.05, 0.1) is 5.60 Å². The molecule has 2 atom stereocenters. The number of hydrogen-bond acceptors (Lipinski definition) is 2. The van der Waals surface area contributed by atoms with Crippen LogP contribution in [0.4, 0.5) is 0 Å². The minimum absolute atomic E-state index is 0.114. The maximum absolute atomic E-state index is 11.8. The van der Waals surface area contributed by atoms with Crippen LogP contribution in [0.3, 0.4) is 0 Å². The summed E-state index contributed by atoms with van der Waals surface area (Å²) in [4.78, 5) is 0. The quantitative estimate of drug-likeness (QED) is 0.878. The van der Waals surface area contributed by atoms with Gasteiger partial charge in [0.2, 0.25) is 0 Å². The number of rotatable bonds is 5. The molecule has 0 aromatic heterocycles. The Kier molecular flexibility index (Phi) is 4.56. The highest BCUT2D eigenvalue weighted by molar-refractivity contribution is 5.44. The summed E-state index contributed by atoms with van der Waals surface area (Å²) >= 11 is 0. The van der Waals surface area contributed by atoms with Gasteiger partial charge in [-0.25, -0.2) is 0 Å². The van der Waals surface area contributed by atoms with Crippen molar-refractivity contribution in [3.63, 3.8) is 0 Å². The van der Waals surface area contributed by atoms with E-state index in [1.807, 2.05) is 19.1 Å². The molecule has 1 fully saturated rings. The van der Waals surface area contributed by atoms with Crippen LogP contribution in [0.1, 0.15) is 44.2 Å². The molecular formula is C21H27NO. The first-order valence-electron chi connectivity index (χ1n) is 8.69. The van der Waals surface area contributed by atoms with Crippen molar-refractivity contribution < 1.29 is 5.11 Å². The highest BCUT2D eigenvalue weighted by Gasteiger charge is 2.53. The second-order valence-electron chi connectivity index (χ2n) is 6.79. The van der Waals surface area contributed by atoms with Crippen LogP contribution in [0.5, 0.6) is 0 Å². The summed E-state index contributed by atoms with van der Waals surface area (Å²) in [6.45, 7) is 5.19. The van der Waals surface area contributed by atoms with Crippen molar-refractivity contribution in [1.29, 1.82) is 0 Å². The first-order chi connectivity index (χ1) is 11.1. The van der Waals surface area contributed by atoms with Gasteiger partial charge in [0, 0.05) is 11.5 Å². The zero-order chi connectivity index (χ0) is 16.3. The van der Waals surface area contributed by atoms with Gasteiger partial charge in [0.1, 0.15) is 0 Å². The van der Waals surface area contributed by atoms with E-state index in [1.54, 1.807) is 0 Å². The SMILES string of the molecule is CCC(c1ccccc1)(c1ccccc1)C(C)(O)C1CCCN1. The van der Waals surface area contributed by atoms with Gasteiger partial charge in [0.15, 0.2) is 0 Å². The zero-order valence-corrected chi connectivity index (χ0v) is 14.1. The van der Waals surface area contributed by atoms with Crippen molar-refractivity contribution in [3.05, 3.63) is 71.8 Å². The van der Waals surface area contributed by atoms with Gasteiger partial charge >= 0.3 is 0 Å². The summed E-state index contributed by atoms with van der Waals surface area (Å²) in [5.74, 6) is 0. The molecule has 2 nitrogen and oxygen atoms in total. The van der Waals surface area contributed by atoms with Crippen LogP contribution in [-0.2, 0) is 5.41 Å². The summed E-state index contributed by atoms with van der Waals surface area (Å²) in [7, 11) is 0. The van der Waals surface area contributed by atoms with E-state index in [4.69, 9.17) is 0 Å². The average molecular weight is 309 g/mol. The van der Waals surface area contributed by atoms with E-state index in [0.717, 1.165) is 25.8 Å². The van der Waals surface area contributed by atoms with Crippen LogP contribution in [0.25, 0.3) is 0 Å². The lowest BCUT2D eigenvalue weighted by Gasteiger charge is -2.49. The molecule has 0 aliphatic carbocycles. The Morgan fingerprint density at radius 1 is 1.00 bits per heavy atom. The fourth-order valence-electron chi connectivity index (χ4n) is 4.42. The van der Waals surface area contributed by atoms with E-state index in [9.17, 15) is 5.11 Å². The lowest BCUT2D eigenvalue weighted by atomic mass is 9.59. The van der Waals surface area contributed by atoms with E-state index < -0.39 is 11.0 Å². The van der Waals surface area contributed by atoms with Crippen molar-refractivity contribution >= 4 is 0 Å².